The predicted octanol–water partition coefficient (Wildman–Crippen LogP) is 8.48. The van der Waals surface area contributed by atoms with E-state index in [1.54, 1.807) is 17.1 Å². The fraction of sp³-hybridized carbons (Fsp3) is 0.143. The molecule has 6 rings (SSSR count). The summed E-state index contributed by atoms with van der Waals surface area (Å²) in [5, 5.41) is 16.1. The molecule has 0 radical (unpaired) electrons. The number of nitrogens with one attached hydrogen (secondary N) is 3. The number of pyridine rings is 2. The summed E-state index contributed by atoms with van der Waals surface area (Å²) in [7, 11) is 0. The van der Waals surface area contributed by atoms with E-state index in [1.165, 1.54) is 0 Å². The van der Waals surface area contributed by atoms with Crippen LogP contribution in [0.25, 0.3) is 27.7 Å². The maximum atomic E-state index is 13.4. The largest absolute Gasteiger partial charge is 0.339 e. The first-order chi connectivity index (χ1) is 20.7. The van der Waals surface area contributed by atoms with Gasteiger partial charge in [0, 0.05) is 28.6 Å². The second kappa shape index (κ2) is 11.4. The van der Waals surface area contributed by atoms with Crippen LogP contribution in [0.15, 0.2) is 109 Å². The molecule has 0 saturated heterocycles. The average molecular weight is 568 g/mol. The van der Waals surface area contributed by atoms with Crippen LogP contribution in [0.4, 0.5) is 27.8 Å². The summed E-state index contributed by atoms with van der Waals surface area (Å²) in [6.07, 6.45) is 3.49. The van der Waals surface area contributed by atoms with Gasteiger partial charge in [-0.3, -0.25) is 10.3 Å². The second-order valence-corrected chi connectivity index (χ2v) is 11.5. The van der Waals surface area contributed by atoms with Crippen LogP contribution in [0.1, 0.15) is 32.0 Å². The van der Waals surface area contributed by atoms with Crippen molar-refractivity contribution < 1.29 is 4.79 Å². The normalized spacial score (nSPS) is 11.3. The summed E-state index contributed by atoms with van der Waals surface area (Å²) in [6, 6.07) is 31.2. The molecule has 6 aromatic rings. The van der Waals surface area contributed by atoms with E-state index in [-0.39, 0.29) is 11.4 Å². The fourth-order valence-corrected chi connectivity index (χ4v) is 4.86. The van der Waals surface area contributed by atoms with E-state index in [1.807, 2.05) is 104 Å². The van der Waals surface area contributed by atoms with Gasteiger partial charge in [-0.1, -0.05) is 74.9 Å². The molecule has 214 valence electrons. The number of amides is 2. The summed E-state index contributed by atoms with van der Waals surface area (Å²) in [5.74, 6) is 1.31. The Hall–Kier alpha value is -5.50. The Morgan fingerprint density at radius 2 is 1.60 bits per heavy atom. The number of aromatic nitrogens is 4. The molecule has 0 aliphatic heterocycles. The van der Waals surface area contributed by atoms with Gasteiger partial charge in [0.2, 0.25) is 0 Å². The summed E-state index contributed by atoms with van der Waals surface area (Å²) >= 11 is 0. The lowest BCUT2D eigenvalue weighted by Crippen LogP contribution is -2.21. The van der Waals surface area contributed by atoms with Crippen molar-refractivity contribution >= 4 is 39.8 Å². The standard InChI is InChI=1S/C35H33N7O/c1-23-14-16-25(17-15-23)42-33(21-31(41-42)35(2,3)4)40-34(43)39-30-19-18-28(26-10-5-6-11-27(26)30)29-12-7-13-32(38-29)37-24-9-8-20-36-22-24/h5-22H,1-4H3,(H,37,38)(H2,39,40,43). The van der Waals surface area contributed by atoms with Crippen molar-refractivity contribution in [3.05, 3.63) is 121 Å². The van der Waals surface area contributed by atoms with Crippen molar-refractivity contribution in [1.82, 2.24) is 19.7 Å². The third kappa shape index (κ3) is 6.08. The number of carbonyl (C=O) groups is 1. The van der Waals surface area contributed by atoms with Gasteiger partial charge in [0.1, 0.15) is 11.6 Å². The molecule has 3 aromatic carbocycles. The number of hydrogen-bond donors (Lipinski definition) is 3. The molecule has 0 fully saturated rings. The molecule has 0 saturated carbocycles. The number of anilines is 4. The lowest BCUT2D eigenvalue weighted by molar-refractivity contribution is 0.262. The topological polar surface area (TPSA) is 96.8 Å². The monoisotopic (exact) mass is 567 g/mol. The first kappa shape index (κ1) is 27.7. The van der Waals surface area contributed by atoms with Crippen molar-refractivity contribution in [2.75, 3.05) is 16.0 Å². The molecular formula is C35H33N7O. The zero-order valence-corrected chi connectivity index (χ0v) is 24.6. The molecule has 2 amide bonds. The summed E-state index contributed by atoms with van der Waals surface area (Å²) in [4.78, 5) is 22.4. The quantitative estimate of drug-likeness (QED) is 0.188. The molecule has 8 heteroatoms. The van der Waals surface area contributed by atoms with Gasteiger partial charge < -0.3 is 10.6 Å². The van der Waals surface area contributed by atoms with Crippen molar-refractivity contribution in [1.29, 1.82) is 0 Å². The van der Waals surface area contributed by atoms with E-state index in [0.717, 1.165) is 50.5 Å². The van der Waals surface area contributed by atoms with E-state index in [0.29, 0.717) is 11.5 Å². The highest BCUT2D eigenvalue weighted by atomic mass is 16.2. The van der Waals surface area contributed by atoms with Gasteiger partial charge in [-0.25, -0.2) is 14.5 Å². The van der Waals surface area contributed by atoms with Crippen molar-refractivity contribution in [2.45, 2.75) is 33.1 Å². The third-order valence-corrected chi connectivity index (χ3v) is 7.13. The number of hydrogen-bond acceptors (Lipinski definition) is 5. The summed E-state index contributed by atoms with van der Waals surface area (Å²) in [5.41, 5.74) is 6.06. The third-order valence-electron chi connectivity index (χ3n) is 7.13. The van der Waals surface area contributed by atoms with Crippen LogP contribution in [-0.2, 0) is 5.41 Å². The van der Waals surface area contributed by atoms with Crippen LogP contribution in [-0.4, -0.2) is 25.8 Å². The first-order valence-electron chi connectivity index (χ1n) is 14.2. The Bertz CT molecular complexity index is 1910. The zero-order valence-electron chi connectivity index (χ0n) is 24.6. The van der Waals surface area contributed by atoms with Crippen molar-refractivity contribution in [2.24, 2.45) is 0 Å². The number of aryl methyl sites for hydroxylation is 1. The van der Waals surface area contributed by atoms with Crippen molar-refractivity contribution in [3.63, 3.8) is 0 Å². The van der Waals surface area contributed by atoms with E-state index < -0.39 is 0 Å². The van der Waals surface area contributed by atoms with Gasteiger partial charge in [-0.15, -0.1) is 0 Å². The van der Waals surface area contributed by atoms with E-state index >= 15 is 0 Å². The Labute approximate surface area is 250 Å². The minimum atomic E-state index is -0.354. The second-order valence-electron chi connectivity index (χ2n) is 11.5. The fourth-order valence-electron chi connectivity index (χ4n) is 4.86. The first-order valence-corrected chi connectivity index (χ1v) is 14.2. The summed E-state index contributed by atoms with van der Waals surface area (Å²) in [6.45, 7) is 8.35. The smallest absolute Gasteiger partial charge is 0.324 e. The number of urea groups is 1. The Morgan fingerprint density at radius 1 is 0.814 bits per heavy atom. The van der Waals surface area contributed by atoms with Crippen LogP contribution < -0.4 is 16.0 Å². The number of carbonyl (C=O) groups excluding carboxylic acids is 1. The minimum absolute atomic E-state index is 0.187. The van der Waals surface area contributed by atoms with Crippen LogP contribution in [0.5, 0.6) is 0 Å². The van der Waals surface area contributed by atoms with Crippen molar-refractivity contribution in [3.8, 4) is 16.9 Å². The number of benzene rings is 3. The van der Waals surface area contributed by atoms with Crippen LogP contribution in [0.2, 0.25) is 0 Å². The Morgan fingerprint density at radius 3 is 2.35 bits per heavy atom. The molecule has 0 aliphatic carbocycles. The number of fused-ring (bicyclic) bond motifs is 1. The Kier molecular flexibility index (Phi) is 7.34. The molecule has 3 aromatic heterocycles. The highest BCUT2D eigenvalue weighted by Gasteiger charge is 2.22. The molecule has 3 heterocycles. The van der Waals surface area contributed by atoms with Gasteiger partial charge in [-0.05, 0) is 54.8 Å². The maximum absolute atomic E-state index is 13.4. The van der Waals surface area contributed by atoms with Gasteiger partial charge in [0.05, 0.1) is 34.6 Å². The van der Waals surface area contributed by atoms with E-state index in [2.05, 4.69) is 41.7 Å². The van der Waals surface area contributed by atoms with Crippen LogP contribution in [0, 0.1) is 6.92 Å². The minimum Gasteiger partial charge on any atom is -0.339 e. The van der Waals surface area contributed by atoms with Crippen LogP contribution >= 0.6 is 0 Å². The molecule has 0 unspecified atom stereocenters. The zero-order chi connectivity index (χ0) is 30.0. The highest BCUT2D eigenvalue weighted by molar-refractivity contribution is 6.09. The Balaban J connectivity index is 1.29. The SMILES string of the molecule is Cc1ccc(-n2nc(C(C)(C)C)cc2NC(=O)Nc2ccc(-c3cccc(Nc4cccnc4)n3)c3ccccc23)cc1. The lowest BCUT2D eigenvalue weighted by atomic mass is 9.92. The van der Waals surface area contributed by atoms with Gasteiger partial charge in [0.15, 0.2) is 0 Å². The molecule has 0 bridgehead atoms. The molecule has 0 spiro atoms. The van der Waals surface area contributed by atoms with Crippen LogP contribution in [0.3, 0.4) is 0 Å². The molecular weight excluding hydrogens is 534 g/mol. The molecule has 43 heavy (non-hydrogen) atoms. The molecule has 0 atom stereocenters. The number of nitrogens with zero attached hydrogens (tertiary/aromatic N) is 4. The summed E-state index contributed by atoms with van der Waals surface area (Å²) < 4.78 is 1.78. The van der Waals surface area contributed by atoms with Gasteiger partial charge >= 0.3 is 6.03 Å². The molecule has 8 nitrogen and oxygen atoms in total. The maximum Gasteiger partial charge on any atom is 0.324 e. The van der Waals surface area contributed by atoms with Gasteiger partial charge in [0.25, 0.3) is 0 Å². The number of rotatable bonds is 6. The lowest BCUT2D eigenvalue weighted by Gasteiger charge is -2.14. The van der Waals surface area contributed by atoms with E-state index in [4.69, 9.17) is 10.1 Å². The highest BCUT2D eigenvalue weighted by Crippen LogP contribution is 2.33. The molecule has 0 aliphatic rings. The molecule has 3 N–H and O–H groups in total. The predicted molar refractivity (Wildman–Crippen MR) is 174 cm³/mol. The van der Waals surface area contributed by atoms with E-state index in [9.17, 15) is 4.79 Å². The van der Waals surface area contributed by atoms with Gasteiger partial charge in [-0.2, -0.15) is 5.10 Å². The average Bonchev–Trinajstić information content (AvgIpc) is 3.43.